The van der Waals surface area contributed by atoms with Crippen LogP contribution in [-0.4, -0.2) is 49.9 Å². The van der Waals surface area contributed by atoms with Gasteiger partial charge in [0.05, 0.1) is 19.8 Å². The molecule has 0 rings (SSSR count). The summed E-state index contributed by atoms with van der Waals surface area (Å²) in [5, 5.41) is 0. The summed E-state index contributed by atoms with van der Waals surface area (Å²) in [6.07, 6.45) is 54.6. The van der Waals surface area contributed by atoms with Crippen LogP contribution in [0.5, 0.6) is 0 Å². The van der Waals surface area contributed by atoms with Gasteiger partial charge in [-0.15, -0.1) is 0 Å². The smallest absolute Gasteiger partial charge is 0.457 e. The Morgan fingerprint density at radius 3 is 1.43 bits per heavy atom. The van der Waals surface area contributed by atoms with Crippen LogP contribution in [0.25, 0.3) is 0 Å². The van der Waals surface area contributed by atoms with E-state index in [4.69, 9.17) is 24.3 Å². The van der Waals surface area contributed by atoms with Gasteiger partial charge < -0.3 is 20.1 Å². The Balaban J connectivity index is 3.90. The molecule has 0 bridgehead atoms. The summed E-state index contributed by atoms with van der Waals surface area (Å²) in [5.41, 5.74) is 5.38. The lowest BCUT2D eigenvalue weighted by atomic mass is 10.0. The van der Waals surface area contributed by atoms with Gasteiger partial charge in [-0.25, -0.2) is 4.57 Å². The summed E-state index contributed by atoms with van der Waals surface area (Å²) in [7, 11) is -4.28. The maximum absolute atomic E-state index is 12.6. The molecule has 0 aliphatic carbocycles. The van der Waals surface area contributed by atoms with Crippen LogP contribution >= 0.6 is 7.82 Å². The predicted octanol–water partition coefficient (Wildman–Crippen LogP) is 15.0. The molecule has 0 fully saturated rings. The van der Waals surface area contributed by atoms with Crippen LogP contribution in [0.4, 0.5) is 0 Å². The minimum Gasteiger partial charge on any atom is -0.457 e. The van der Waals surface area contributed by atoms with Gasteiger partial charge in [0.1, 0.15) is 6.10 Å². The van der Waals surface area contributed by atoms with Gasteiger partial charge >= 0.3 is 13.8 Å². The fraction of sp³-hybridized carbons (Fsp3) is 0.857. The van der Waals surface area contributed by atoms with E-state index in [0.29, 0.717) is 13.0 Å². The highest BCUT2D eigenvalue weighted by Crippen LogP contribution is 2.43. The van der Waals surface area contributed by atoms with Gasteiger partial charge in [0, 0.05) is 19.6 Å². The standard InChI is InChI=1S/C49H94NO7P/c1-3-5-7-9-11-13-15-17-19-20-21-22-23-24-25-26-27-28-29-30-32-34-36-38-40-42-49(51)57-48(47-56-58(52,53)55-45-43-50)46-54-44-41-39-37-35-33-31-18-16-14-12-10-8-6-4-2/h8,10,14,16,20-21,48H,3-7,9,11-13,15,17-19,22-47,50H2,1-2H3,(H,52,53)/b10-8-,16-14-,21-20-. The van der Waals surface area contributed by atoms with Gasteiger partial charge in [0.2, 0.25) is 0 Å². The normalized spacial score (nSPS) is 13.7. The average molecular weight is 840 g/mol. The summed E-state index contributed by atoms with van der Waals surface area (Å²) in [6, 6.07) is 0. The molecular weight excluding hydrogens is 746 g/mol. The number of phosphoric acid groups is 1. The average Bonchev–Trinajstić information content (AvgIpc) is 3.21. The van der Waals surface area contributed by atoms with Crippen molar-refractivity contribution in [1.29, 1.82) is 0 Å². The van der Waals surface area contributed by atoms with E-state index < -0.39 is 13.9 Å². The van der Waals surface area contributed by atoms with Crippen LogP contribution in [-0.2, 0) is 27.9 Å². The molecule has 0 aromatic carbocycles. The number of carbonyl (C=O) groups excluding carboxylic acids is 1. The molecule has 9 heteroatoms. The van der Waals surface area contributed by atoms with Crippen molar-refractivity contribution in [3.05, 3.63) is 36.5 Å². The first-order valence-electron chi connectivity index (χ1n) is 24.5. The number of esters is 1. The van der Waals surface area contributed by atoms with Gasteiger partial charge in [0.25, 0.3) is 0 Å². The van der Waals surface area contributed by atoms with Crippen molar-refractivity contribution in [2.24, 2.45) is 5.73 Å². The Morgan fingerprint density at radius 1 is 0.517 bits per heavy atom. The van der Waals surface area contributed by atoms with Crippen LogP contribution in [0.15, 0.2) is 36.5 Å². The highest BCUT2D eigenvalue weighted by atomic mass is 31.2. The number of unbranched alkanes of at least 4 members (excludes halogenated alkanes) is 28. The quantitative estimate of drug-likeness (QED) is 0.0269. The highest BCUT2D eigenvalue weighted by Gasteiger charge is 2.25. The molecule has 0 aromatic heterocycles. The lowest BCUT2D eigenvalue weighted by Gasteiger charge is -2.20. The number of carbonyl (C=O) groups is 1. The Bertz CT molecular complexity index is 988. The molecule has 0 spiro atoms. The number of phosphoric ester groups is 1. The molecule has 2 unspecified atom stereocenters. The second kappa shape index (κ2) is 46.8. The van der Waals surface area contributed by atoms with Gasteiger partial charge in [-0.2, -0.15) is 0 Å². The van der Waals surface area contributed by atoms with Crippen molar-refractivity contribution in [3.63, 3.8) is 0 Å². The monoisotopic (exact) mass is 840 g/mol. The Morgan fingerprint density at radius 2 is 0.948 bits per heavy atom. The van der Waals surface area contributed by atoms with Gasteiger partial charge in [-0.05, 0) is 64.2 Å². The van der Waals surface area contributed by atoms with E-state index >= 15 is 0 Å². The SMILES string of the molecule is CCC/C=C\C/C=C\CCCCCCCCOCC(COP(=O)(O)OCCN)OC(=O)CCCCCCCCCCCCCCC/C=C\CCCCCCCCCC. The van der Waals surface area contributed by atoms with E-state index in [9.17, 15) is 14.3 Å². The highest BCUT2D eigenvalue weighted by molar-refractivity contribution is 7.47. The molecule has 0 amide bonds. The molecule has 2 atom stereocenters. The van der Waals surface area contributed by atoms with Crippen molar-refractivity contribution < 1.29 is 32.8 Å². The summed E-state index contributed by atoms with van der Waals surface area (Å²) in [6.45, 7) is 4.86. The Hall–Kier alpha value is -1.28. The number of hydrogen-bond donors (Lipinski definition) is 2. The summed E-state index contributed by atoms with van der Waals surface area (Å²) >= 11 is 0. The molecule has 0 aliphatic heterocycles. The van der Waals surface area contributed by atoms with E-state index in [1.54, 1.807) is 0 Å². The van der Waals surface area contributed by atoms with Crippen molar-refractivity contribution in [3.8, 4) is 0 Å². The van der Waals surface area contributed by atoms with Crippen LogP contribution < -0.4 is 5.73 Å². The van der Waals surface area contributed by atoms with Crippen molar-refractivity contribution in [2.45, 2.75) is 238 Å². The van der Waals surface area contributed by atoms with E-state index in [2.05, 4.69) is 50.3 Å². The summed E-state index contributed by atoms with van der Waals surface area (Å²) < 4.78 is 33.5. The summed E-state index contributed by atoms with van der Waals surface area (Å²) in [5.74, 6) is -0.332. The Labute approximate surface area is 358 Å². The molecular formula is C49H94NO7P. The van der Waals surface area contributed by atoms with Crippen LogP contribution in [0.2, 0.25) is 0 Å². The number of rotatable bonds is 47. The second-order valence-electron chi connectivity index (χ2n) is 16.3. The maximum Gasteiger partial charge on any atom is 0.472 e. The third-order valence-corrected chi connectivity index (χ3v) is 11.5. The largest absolute Gasteiger partial charge is 0.472 e. The zero-order valence-corrected chi connectivity index (χ0v) is 38.9. The van der Waals surface area contributed by atoms with Crippen LogP contribution in [0.3, 0.4) is 0 Å². The van der Waals surface area contributed by atoms with Gasteiger partial charge in [-0.3, -0.25) is 13.8 Å². The van der Waals surface area contributed by atoms with E-state index in [0.717, 1.165) is 51.4 Å². The minimum atomic E-state index is -4.28. The van der Waals surface area contributed by atoms with Crippen molar-refractivity contribution in [1.82, 2.24) is 0 Å². The third-order valence-electron chi connectivity index (χ3n) is 10.5. The lowest BCUT2D eigenvalue weighted by Crippen LogP contribution is -2.28. The van der Waals surface area contributed by atoms with Crippen molar-refractivity contribution in [2.75, 3.05) is 33.0 Å². The Kier molecular flexibility index (Phi) is 45.7. The summed E-state index contributed by atoms with van der Waals surface area (Å²) in [4.78, 5) is 22.5. The molecule has 0 saturated carbocycles. The first kappa shape index (κ1) is 56.7. The number of nitrogens with two attached hydrogens (primary N) is 1. The number of ether oxygens (including phenoxy) is 2. The van der Waals surface area contributed by atoms with Gasteiger partial charge in [-0.1, -0.05) is 198 Å². The molecule has 58 heavy (non-hydrogen) atoms. The van der Waals surface area contributed by atoms with E-state index in [-0.39, 0.29) is 32.3 Å². The predicted molar refractivity (Wildman–Crippen MR) is 247 cm³/mol. The molecule has 0 aromatic rings. The second-order valence-corrected chi connectivity index (χ2v) is 17.8. The first-order chi connectivity index (χ1) is 28.4. The molecule has 0 radical (unpaired) electrons. The van der Waals surface area contributed by atoms with Crippen LogP contribution in [0.1, 0.15) is 232 Å². The van der Waals surface area contributed by atoms with Gasteiger partial charge in [0.15, 0.2) is 0 Å². The molecule has 0 saturated heterocycles. The zero-order chi connectivity index (χ0) is 42.3. The van der Waals surface area contributed by atoms with Crippen LogP contribution in [0, 0.1) is 0 Å². The number of hydrogen-bond acceptors (Lipinski definition) is 7. The molecule has 342 valence electrons. The zero-order valence-electron chi connectivity index (χ0n) is 38.0. The molecule has 0 heterocycles. The lowest BCUT2D eigenvalue weighted by molar-refractivity contribution is -0.154. The molecule has 8 nitrogen and oxygen atoms in total. The van der Waals surface area contributed by atoms with Crippen molar-refractivity contribution >= 4 is 13.8 Å². The number of allylic oxidation sites excluding steroid dienone is 6. The van der Waals surface area contributed by atoms with E-state index in [1.807, 2.05) is 0 Å². The molecule has 3 N–H and O–H groups in total. The van der Waals surface area contributed by atoms with E-state index in [1.165, 1.54) is 161 Å². The third kappa shape index (κ3) is 45.8. The molecule has 0 aliphatic rings. The topological polar surface area (TPSA) is 117 Å². The minimum absolute atomic E-state index is 0.0972. The fourth-order valence-electron chi connectivity index (χ4n) is 6.91. The first-order valence-corrected chi connectivity index (χ1v) is 26.0. The fourth-order valence-corrected chi connectivity index (χ4v) is 7.68. The maximum atomic E-state index is 12.6.